The van der Waals surface area contributed by atoms with Gasteiger partial charge in [-0.05, 0) is 71.1 Å². The van der Waals surface area contributed by atoms with E-state index in [1.54, 1.807) is 33.8 Å². The second-order valence-electron chi connectivity index (χ2n) is 9.11. The van der Waals surface area contributed by atoms with Crippen LogP contribution in [0.4, 0.5) is 14.4 Å². The molecule has 0 heterocycles. The van der Waals surface area contributed by atoms with Crippen LogP contribution in [-0.2, 0) is 34.9 Å². The summed E-state index contributed by atoms with van der Waals surface area (Å²) < 4.78 is 36.0. The van der Waals surface area contributed by atoms with Gasteiger partial charge in [-0.1, -0.05) is 26.8 Å². The van der Waals surface area contributed by atoms with Crippen molar-refractivity contribution < 1.29 is 52.3 Å². The molecule has 12 heteroatoms. The van der Waals surface area contributed by atoms with E-state index in [1.165, 1.54) is 12.1 Å². The van der Waals surface area contributed by atoms with Crippen molar-refractivity contribution in [2.45, 2.75) is 105 Å². The minimum Gasteiger partial charge on any atom is -0.461 e. The van der Waals surface area contributed by atoms with Gasteiger partial charge in [-0.15, -0.1) is 0 Å². The van der Waals surface area contributed by atoms with Crippen LogP contribution in [0.5, 0.6) is 11.5 Å². The normalized spacial score (nSPS) is 14.6. The predicted octanol–water partition coefficient (Wildman–Crippen LogP) is 5.07. The maximum atomic E-state index is 12.4. The second kappa shape index (κ2) is 17.1. The number of nitrogens with two attached hydrogens (primary N) is 1. The SMILES string of the molecule is CCC(C)OC(=O)Oc1ccc(C[C@H](N)C(=O)OC[C@H](C)OC(=O)OC(C)CC)cc1OC(=O)OC(C)CC. The summed E-state index contributed by atoms with van der Waals surface area (Å²) in [5.41, 5.74) is 6.48. The molecule has 39 heavy (non-hydrogen) atoms. The lowest BCUT2D eigenvalue weighted by Gasteiger charge is -2.18. The topological polar surface area (TPSA) is 159 Å². The van der Waals surface area contributed by atoms with E-state index in [4.69, 9.17) is 38.9 Å². The molecule has 0 saturated carbocycles. The molecule has 2 N–H and O–H groups in total. The molecule has 1 aromatic carbocycles. The van der Waals surface area contributed by atoms with Gasteiger partial charge in [0.15, 0.2) is 11.5 Å². The fraction of sp³-hybridized carbons (Fsp3) is 0.630. The highest BCUT2D eigenvalue weighted by molar-refractivity contribution is 5.76. The van der Waals surface area contributed by atoms with Gasteiger partial charge in [0.05, 0.1) is 0 Å². The van der Waals surface area contributed by atoms with E-state index < -0.39 is 42.7 Å². The van der Waals surface area contributed by atoms with Crippen molar-refractivity contribution in [2.24, 2.45) is 5.73 Å². The lowest BCUT2D eigenvalue weighted by atomic mass is 10.1. The van der Waals surface area contributed by atoms with Crippen molar-refractivity contribution in [3.63, 3.8) is 0 Å². The van der Waals surface area contributed by atoms with Crippen molar-refractivity contribution in [3.8, 4) is 11.5 Å². The largest absolute Gasteiger partial charge is 0.514 e. The summed E-state index contributed by atoms with van der Waals surface area (Å²) in [7, 11) is 0. The zero-order valence-electron chi connectivity index (χ0n) is 23.7. The van der Waals surface area contributed by atoms with Gasteiger partial charge >= 0.3 is 24.4 Å². The van der Waals surface area contributed by atoms with Gasteiger partial charge in [-0.3, -0.25) is 4.79 Å². The Bertz CT molecular complexity index is 952. The van der Waals surface area contributed by atoms with Crippen LogP contribution in [0.1, 0.15) is 73.3 Å². The molecule has 1 rings (SSSR count). The van der Waals surface area contributed by atoms with E-state index in [2.05, 4.69) is 0 Å². The van der Waals surface area contributed by atoms with Crippen molar-refractivity contribution in [1.29, 1.82) is 0 Å². The Labute approximate surface area is 229 Å². The molecule has 0 aliphatic rings. The average molecular weight is 556 g/mol. The Hall–Kier alpha value is -3.54. The lowest BCUT2D eigenvalue weighted by molar-refractivity contribution is -0.148. The smallest absolute Gasteiger partial charge is 0.461 e. The summed E-state index contributed by atoms with van der Waals surface area (Å²) >= 11 is 0. The van der Waals surface area contributed by atoms with Crippen molar-refractivity contribution in [3.05, 3.63) is 23.8 Å². The Balaban J connectivity index is 2.86. The van der Waals surface area contributed by atoms with E-state index in [0.717, 1.165) is 0 Å². The van der Waals surface area contributed by atoms with Crippen LogP contribution >= 0.6 is 0 Å². The molecule has 0 fully saturated rings. The maximum Gasteiger partial charge on any atom is 0.514 e. The van der Waals surface area contributed by atoms with Crippen molar-refractivity contribution in [2.75, 3.05) is 6.61 Å². The number of carbonyl (C=O) groups excluding carboxylic acids is 4. The van der Waals surface area contributed by atoms with Gasteiger partial charge in [0.1, 0.15) is 37.1 Å². The Kier molecular flexibility index (Phi) is 14.7. The van der Waals surface area contributed by atoms with Crippen molar-refractivity contribution in [1.82, 2.24) is 0 Å². The number of rotatable bonds is 14. The Morgan fingerprint density at radius 2 is 1.15 bits per heavy atom. The van der Waals surface area contributed by atoms with E-state index >= 15 is 0 Å². The highest BCUT2D eigenvalue weighted by atomic mass is 16.8. The van der Waals surface area contributed by atoms with Gasteiger partial charge in [0.25, 0.3) is 0 Å². The number of hydrogen-bond donors (Lipinski definition) is 1. The first-order valence-corrected chi connectivity index (χ1v) is 13.1. The first-order chi connectivity index (χ1) is 18.4. The Morgan fingerprint density at radius 3 is 1.67 bits per heavy atom. The molecule has 5 atom stereocenters. The summed E-state index contributed by atoms with van der Waals surface area (Å²) in [6, 6.07) is 3.23. The number of carbonyl (C=O) groups is 4. The van der Waals surface area contributed by atoms with Gasteiger partial charge in [-0.2, -0.15) is 0 Å². The van der Waals surface area contributed by atoms with Gasteiger partial charge in [0.2, 0.25) is 0 Å². The second-order valence-corrected chi connectivity index (χ2v) is 9.11. The molecule has 0 radical (unpaired) electrons. The molecular formula is C27H41NO11. The molecule has 0 aliphatic heterocycles. The third-order valence-corrected chi connectivity index (χ3v) is 5.53. The van der Waals surface area contributed by atoms with Gasteiger partial charge < -0.3 is 38.9 Å². The molecule has 0 amide bonds. The minimum atomic E-state index is -1.09. The van der Waals surface area contributed by atoms with Crippen molar-refractivity contribution >= 4 is 24.4 Å². The van der Waals surface area contributed by atoms with Crippen LogP contribution in [0.3, 0.4) is 0 Å². The molecule has 220 valence electrons. The highest BCUT2D eigenvalue weighted by Crippen LogP contribution is 2.30. The molecule has 0 saturated heterocycles. The molecule has 0 aliphatic carbocycles. The highest BCUT2D eigenvalue weighted by Gasteiger charge is 2.22. The van der Waals surface area contributed by atoms with E-state index in [9.17, 15) is 19.2 Å². The number of benzene rings is 1. The third-order valence-electron chi connectivity index (χ3n) is 5.53. The van der Waals surface area contributed by atoms with E-state index in [0.29, 0.717) is 24.8 Å². The fourth-order valence-electron chi connectivity index (χ4n) is 2.68. The zero-order chi connectivity index (χ0) is 29.5. The number of esters is 1. The minimum absolute atomic E-state index is 0.00149. The zero-order valence-corrected chi connectivity index (χ0v) is 23.7. The van der Waals surface area contributed by atoms with Crippen LogP contribution in [0.2, 0.25) is 0 Å². The first-order valence-electron chi connectivity index (χ1n) is 13.1. The summed E-state index contributed by atoms with van der Waals surface area (Å²) in [4.78, 5) is 48.5. The molecule has 0 bridgehead atoms. The molecule has 0 spiro atoms. The average Bonchev–Trinajstić information content (AvgIpc) is 2.87. The number of ether oxygens (including phenoxy) is 7. The van der Waals surface area contributed by atoms with Crippen LogP contribution in [0, 0.1) is 0 Å². The molecular weight excluding hydrogens is 514 g/mol. The molecule has 12 nitrogen and oxygen atoms in total. The first kappa shape index (κ1) is 33.5. The van der Waals surface area contributed by atoms with Gasteiger partial charge in [0, 0.05) is 0 Å². The van der Waals surface area contributed by atoms with Crippen LogP contribution in [0.15, 0.2) is 18.2 Å². The lowest BCUT2D eigenvalue weighted by Crippen LogP contribution is -2.36. The summed E-state index contributed by atoms with van der Waals surface area (Å²) in [5.74, 6) is -0.944. The maximum absolute atomic E-state index is 12.4. The molecule has 0 aromatic heterocycles. The standard InChI is InChI=1S/C27H41NO11/c1-8-16(4)34-25(30)37-19(7)15-33-24(29)21(28)13-20-11-12-22(38-26(31)35-17(5)9-2)23(14-20)39-27(32)36-18(6)10-3/h11-12,14,16-19,21H,8-10,13,15,28H2,1-7H3/t16?,17?,18?,19-,21-/m0/s1. The monoisotopic (exact) mass is 555 g/mol. The van der Waals surface area contributed by atoms with Crippen LogP contribution in [0.25, 0.3) is 0 Å². The van der Waals surface area contributed by atoms with E-state index in [1.807, 2.05) is 20.8 Å². The summed E-state index contributed by atoms with van der Waals surface area (Å²) in [6.45, 7) is 12.0. The Morgan fingerprint density at radius 1 is 0.692 bits per heavy atom. The number of hydrogen-bond acceptors (Lipinski definition) is 12. The molecule has 3 unspecified atom stereocenters. The quantitative estimate of drug-likeness (QED) is 0.185. The summed E-state index contributed by atoms with van der Waals surface area (Å²) in [5, 5.41) is 0. The fourth-order valence-corrected chi connectivity index (χ4v) is 2.68. The van der Waals surface area contributed by atoms with E-state index in [-0.39, 0.29) is 36.7 Å². The van der Waals surface area contributed by atoms with Crippen LogP contribution in [-0.4, -0.2) is 61.5 Å². The third kappa shape index (κ3) is 13.2. The summed E-state index contributed by atoms with van der Waals surface area (Å²) in [6.07, 6.45) is -2.85. The predicted molar refractivity (Wildman–Crippen MR) is 140 cm³/mol. The van der Waals surface area contributed by atoms with Crippen LogP contribution < -0.4 is 15.2 Å². The van der Waals surface area contributed by atoms with Gasteiger partial charge in [-0.25, -0.2) is 14.4 Å². The molecule has 1 aromatic rings.